The topological polar surface area (TPSA) is 38.0 Å². The summed E-state index contributed by atoms with van der Waals surface area (Å²) in [7, 11) is 0. The molecule has 0 saturated heterocycles. The van der Waals surface area contributed by atoms with Crippen molar-refractivity contribution in [2.45, 2.75) is 45.2 Å². The van der Waals surface area contributed by atoms with Gasteiger partial charge < -0.3 is 11.1 Å². The Morgan fingerprint density at radius 2 is 1.56 bits per heavy atom. The molecular formula is C23H28N2. The van der Waals surface area contributed by atoms with Crippen molar-refractivity contribution in [3.8, 4) is 0 Å². The van der Waals surface area contributed by atoms with Gasteiger partial charge >= 0.3 is 0 Å². The van der Waals surface area contributed by atoms with E-state index in [-0.39, 0.29) is 0 Å². The summed E-state index contributed by atoms with van der Waals surface area (Å²) in [5, 5.41) is 6.28. The smallest absolute Gasteiger partial charge is 0.0314 e. The second-order valence-electron chi connectivity index (χ2n) is 6.95. The lowest BCUT2D eigenvalue weighted by Gasteiger charge is -2.14. The first kappa shape index (κ1) is 17.5. The Balaban J connectivity index is 1.38. The monoisotopic (exact) mass is 332 g/mol. The van der Waals surface area contributed by atoms with E-state index in [0.717, 1.165) is 18.7 Å². The van der Waals surface area contributed by atoms with E-state index in [2.05, 4.69) is 66.8 Å². The number of unbranched alkanes of at least 4 members (excludes halogenated alkanes) is 1. The second kappa shape index (κ2) is 8.68. The molecule has 3 aromatic carbocycles. The number of benzene rings is 3. The second-order valence-corrected chi connectivity index (χ2v) is 6.95. The summed E-state index contributed by atoms with van der Waals surface area (Å²) in [6.45, 7) is 3.22. The predicted molar refractivity (Wildman–Crippen MR) is 109 cm³/mol. The van der Waals surface area contributed by atoms with Gasteiger partial charge in [-0.1, -0.05) is 55.0 Å². The lowest BCUT2D eigenvalue weighted by Crippen LogP contribution is -2.25. The molecule has 25 heavy (non-hydrogen) atoms. The average molecular weight is 332 g/mol. The molecule has 3 N–H and O–H groups in total. The lowest BCUT2D eigenvalue weighted by molar-refractivity contribution is 0.489. The number of rotatable bonds is 8. The molecule has 0 fully saturated rings. The Bertz CT molecular complexity index is 793. The number of nitrogens with one attached hydrogen (secondary N) is 1. The minimum Gasteiger partial charge on any atom is -0.399 e. The first-order valence-electron chi connectivity index (χ1n) is 9.26. The molecule has 0 radical (unpaired) electrons. The van der Waals surface area contributed by atoms with Crippen LogP contribution in [0.1, 0.15) is 37.3 Å². The molecule has 0 unspecified atom stereocenters. The first-order chi connectivity index (χ1) is 12.2. The molecule has 2 nitrogen and oxygen atoms in total. The highest BCUT2D eigenvalue weighted by Gasteiger charge is 2.03. The standard InChI is InChI=1S/C23H28N2/c1-18(6-2-3-7-19-11-14-23(24)15-12-19)25-17-20-10-13-21-8-4-5-9-22(21)16-20/h4-5,8-16,18,25H,2-3,6-7,17,24H2,1H3/t18-/m1/s1. The van der Waals surface area contributed by atoms with Crippen LogP contribution in [-0.2, 0) is 13.0 Å². The van der Waals surface area contributed by atoms with Crippen LogP contribution in [0, 0.1) is 0 Å². The van der Waals surface area contributed by atoms with Crippen molar-refractivity contribution in [3.63, 3.8) is 0 Å². The fraction of sp³-hybridized carbons (Fsp3) is 0.304. The number of fused-ring (bicyclic) bond motifs is 1. The third-order valence-electron chi connectivity index (χ3n) is 4.80. The van der Waals surface area contributed by atoms with Crippen LogP contribution in [0.3, 0.4) is 0 Å². The van der Waals surface area contributed by atoms with Crippen LogP contribution in [0.4, 0.5) is 5.69 Å². The van der Waals surface area contributed by atoms with Gasteiger partial charge in [0.15, 0.2) is 0 Å². The van der Waals surface area contributed by atoms with Gasteiger partial charge in [-0.15, -0.1) is 0 Å². The predicted octanol–water partition coefficient (Wildman–Crippen LogP) is 5.31. The van der Waals surface area contributed by atoms with Gasteiger partial charge in [0.25, 0.3) is 0 Å². The molecule has 3 rings (SSSR count). The number of anilines is 1. The van der Waals surface area contributed by atoms with Crippen LogP contribution in [0.2, 0.25) is 0 Å². The molecule has 3 aromatic rings. The van der Waals surface area contributed by atoms with Crippen molar-refractivity contribution in [1.82, 2.24) is 5.32 Å². The van der Waals surface area contributed by atoms with E-state index in [0.29, 0.717) is 6.04 Å². The Morgan fingerprint density at radius 3 is 2.36 bits per heavy atom. The van der Waals surface area contributed by atoms with Gasteiger partial charge in [0.05, 0.1) is 0 Å². The molecule has 0 aliphatic rings. The average Bonchev–Trinajstić information content (AvgIpc) is 2.65. The Labute approximate surface area is 151 Å². The van der Waals surface area contributed by atoms with Crippen LogP contribution < -0.4 is 11.1 Å². The fourth-order valence-electron chi connectivity index (χ4n) is 3.21. The zero-order valence-corrected chi connectivity index (χ0v) is 15.0. The summed E-state index contributed by atoms with van der Waals surface area (Å²) in [6.07, 6.45) is 4.82. The van der Waals surface area contributed by atoms with Crippen molar-refractivity contribution in [1.29, 1.82) is 0 Å². The minimum absolute atomic E-state index is 0.540. The Hall–Kier alpha value is -2.32. The maximum atomic E-state index is 5.72. The molecule has 0 saturated carbocycles. The maximum Gasteiger partial charge on any atom is 0.0314 e. The highest BCUT2D eigenvalue weighted by atomic mass is 14.9. The van der Waals surface area contributed by atoms with Crippen molar-refractivity contribution in [3.05, 3.63) is 77.9 Å². The van der Waals surface area contributed by atoms with Crippen LogP contribution in [0.25, 0.3) is 10.8 Å². The molecule has 0 aliphatic heterocycles. The van der Waals surface area contributed by atoms with E-state index in [4.69, 9.17) is 5.73 Å². The third kappa shape index (κ3) is 5.33. The SMILES string of the molecule is C[C@H](CCCCc1ccc(N)cc1)NCc1ccc2ccccc2c1. The zero-order valence-electron chi connectivity index (χ0n) is 15.0. The molecule has 130 valence electrons. The molecule has 0 amide bonds. The third-order valence-corrected chi connectivity index (χ3v) is 4.80. The van der Waals surface area contributed by atoms with Crippen molar-refractivity contribution >= 4 is 16.5 Å². The molecule has 0 aromatic heterocycles. The summed E-state index contributed by atoms with van der Waals surface area (Å²) in [6, 6.07) is 24.0. The molecule has 0 bridgehead atoms. The van der Waals surface area contributed by atoms with E-state index >= 15 is 0 Å². The Kier molecular flexibility index (Phi) is 6.08. The van der Waals surface area contributed by atoms with Crippen LogP contribution in [-0.4, -0.2) is 6.04 Å². The Morgan fingerprint density at radius 1 is 0.840 bits per heavy atom. The highest BCUT2D eigenvalue weighted by Crippen LogP contribution is 2.16. The van der Waals surface area contributed by atoms with Crippen LogP contribution in [0.5, 0.6) is 0 Å². The first-order valence-corrected chi connectivity index (χ1v) is 9.26. The lowest BCUT2D eigenvalue weighted by atomic mass is 10.0. The largest absolute Gasteiger partial charge is 0.399 e. The molecule has 2 heteroatoms. The number of hydrogen-bond acceptors (Lipinski definition) is 2. The normalized spacial score (nSPS) is 12.4. The van der Waals surface area contributed by atoms with Crippen molar-refractivity contribution in [2.24, 2.45) is 0 Å². The summed E-state index contributed by atoms with van der Waals surface area (Å²) in [5.74, 6) is 0. The van der Waals surface area contributed by atoms with Gasteiger partial charge in [-0.2, -0.15) is 0 Å². The summed E-state index contributed by atoms with van der Waals surface area (Å²) < 4.78 is 0. The van der Waals surface area contributed by atoms with Crippen molar-refractivity contribution in [2.75, 3.05) is 5.73 Å². The minimum atomic E-state index is 0.540. The number of nitrogen functional groups attached to an aromatic ring is 1. The summed E-state index contributed by atoms with van der Waals surface area (Å²) in [5.41, 5.74) is 9.30. The van der Waals surface area contributed by atoms with E-state index in [1.165, 1.54) is 41.2 Å². The summed E-state index contributed by atoms with van der Waals surface area (Å²) >= 11 is 0. The number of aryl methyl sites for hydroxylation is 1. The fourth-order valence-corrected chi connectivity index (χ4v) is 3.21. The quantitative estimate of drug-likeness (QED) is 0.433. The van der Waals surface area contributed by atoms with E-state index in [1.807, 2.05) is 12.1 Å². The van der Waals surface area contributed by atoms with Gasteiger partial charge in [0.1, 0.15) is 0 Å². The molecule has 0 spiro atoms. The molecule has 1 atom stereocenters. The zero-order chi connectivity index (χ0) is 17.5. The van der Waals surface area contributed by atoms with Gasteiger partial charge in [-0.25, -0.2) is 0 Å². The molecular weight excluding hydrogens is 304 g/mol. The summed E-state index contributed by atoms with van der Waals surface area (Å²) in [4.78, 5) is 0. The van der Waals surface area contributed by atoms with E-state index in [1.54, 1.807) is 0 Å². The maximum absolute atomic E-state index is 5.72. The molecule has 0 aliphatic carbocycles. The van der Waals surface area contributed by atoms with Gasteiger partial charge in [0.2, 0.25) is 0 Å². The van der Waals surface area contributed by atoms with Crippen molar-refractivity contribution < 1.29 is 0 Å². The van der Waals surface area contributed by atoms with Gasteiger partial charge in [-0.3, -0.25) is 0 Å². The highest BCUT2D eigenvalue weighted by molar-refractivity contribution is 5.82. The molecule has 0 heterocycles. The van der Waals surface area contributed by atoms with E-state index in [9.17, 15) is 0 Å². The van der Waals surface area contributed by atoms with Gasteiger partial charge in [0, 0.05) is 18.3 Å². The van der Waals surface area contributed by atoms with Gasteiger partial charge in [-0.05, 0) is 66.3 Å². The number of nitrogens with two attached hydrogens (primary N) is 1. The van der Waals surface area contributed by atoms with E-state index < -0.39 is 0 Å². The van der Waals surface area contributed by atoms with Crippen LogP contribution in [0.15, 0.2) is 66.7 Å². The van der Waals surface area contributed by atoms with Crippen LogP contribution >= 0.6 is 0 Å². The number of hydrogen-bond donors (Lipinski definition) is 2.